The Balaban J connectivity index is 4.17. The topological polar surface area (TPSA) is 46.5 Å². The van der Waals surface area contributed by atoms with Gasteiger partial charge in [0.2, 0.25) is 0 Å². The normalized spacial score (nSPS) is 14.2. The quantitative estimate of drug-likeness (QED) is 0.700. The molecule has 0 aliphatic heterocycles. The SMILES string of the molecule is CCCC(OC(C)(C)CF)C(=O)O. The van der Waals surface area contributed by atoms with E-state index in [-0.39, 0.29) is 0 Å². The van der Waals surface area contributed by atoms with Gasteiger partial charge in [0, 0.05) is 0 Å². The largest absolute Gasteiger partial charge is 0.479 e. The van der Waals surface area contributed by atoms with Crippen LogP contribution in [0.3, 0.4) is 0 Å². The monoisotopic (exact) mass is 192 g/mol. The maximum absolute atomic E-state index is 12.3. The first kappa shape index (κ1) is 12.4. The van der Waals surface area contributed by atoms with E-state index < -0.39 is 24.3 Å². The molecule has 0 aromatic heterocycles. The number of hydrogen-bond acceptors (Lipinski definition) is 2. The lowest BCUT2D eigenvalue weighted by atomic mass is 10.1. The van der Waals surface area contributed by atoms with Crippen molar-refractivity contribution >= 4 is 5.97 Å². The van der Waals surface area contributed by atoms with E-state index in [4.69, 9.17) is 9.84 Å². The first-order valence-electron chi connectivity index (χ1n) is 4.39. The highest BCUT2D eigenvalue weighted by Crippen LogP contribution is 2.16. The highest BCUT2D eigenvalue weighted by atomic mass is 19.1. The minimum Gasteiger partial charge on any atom is -0.479 e. The molecule has 0 saturated carbocycles. The number of carbonyl (C=O) groups is 1. The predicted molar refractivity (Wildman–Crippen MR) is 47.5 cm³/mol. The Morgan fingerprint density at radius 1 is 1.62 bits per heavy atom. The summed E-state index contributed by atoms with van der Waals surface area (Å²) < 4.78 is 17.4. The summed E-state index contributed by atoms with van der Waals surface area (Å²) in [4.78, 5) is 10.6. The molecule has 0 rings (SSSR count). The number of aliphatic carboxylic acids is 1. The van der Waals surface area contributed by atoms with Crippen molar-refractivity contribution in [2.24, 2.45) is 0 Å². The Labute approximate surface area is 77.9 Å². The summed E-state index contributed by atoms with van der Waals surface area (Å²) in [6, 6.07) is 0. The molecule has 0 aromatic carbocycles. The summed E-state index contributed by atoms with van der Waals surface area (Å²) in [5, 5.41) is 8.72. The highest BCUT2D eigenvalue weighted by Gasteiger charge is 2.27. The molecule has 0 bridgehead atoms. The van der Waals surface area contributed by atoms with Crippen molar-refractivity contribution < 1.29 is 19.0 Å². The molecule has 1 unspecified atom stereocenters. The summed E-state index contributed by atoms with van der Waals surface area (Å²) >= 11 is 0. The third-order valence-corrected chi connectivity index (χ3v) is 1.61. The average molecular weight is 192 g/mol. The number of hydrogen-bond donors (Lipinski definition) is 1. The van der Waals surface area contributed by atoms with Crippen LogP contribution in [0.1, 0.15) is 33.6 Å². The summed E-state index contributed by atoms with van der Waals surface area (Å²) in [6.07, 6.45) is 0.230. The van der Waals surface area contributed by atoms with E-state index in [1.807, 2.05) is 6.92 Å². The van der Waals surface area contributed by atoms with Crippen molar-refractivity contribution in [2.45, 2.75) is 45.3 Å². The van der Waals surface area contributed by atoms with E-state index >= 15 is 0 Å². The van der Waals surface area contributed by atoms with Crippen molar-refractivity contribution in [1.82, 2.24) is 0 Å². The van der Waals surface area contributed by atoms with E-state index in [2.05, 4.69) is 0 Å². The van der Waals surface area contributed by atoms with Crippen LogP contribution in [0.25, 0.3) is 0 Å². The third-order valence-electron chi connectivity index (χ3n) is 1.61. The molecule has 0 aromatic rings. The first-order chi connectivity index (χ1) is 5.93. The molecule has 0 heterocycles. The fraction of sp³-hybridized carbons (Fsp3) is 0.889. The molecule has 0 saturated heterocycles. The van der Waals surface area contributed by atoms with Gasteiger partial charge in [-0.2, -0.15) is 0 Å². The Bertz CT molecular complexity index is 168. The number of carboxylic acids is 1. The lowest BCUT2D eigenvalue weighted by Gasteiger charge is -2.25. The van der Waals surface area contributed by atoms with E-state index in [0.29, 0.717) is 12.8 Å². The number of halogens is 1. The van der Waals surface area contributed by atoms with Crippen LogP contribution in [0.5, 0.6) is 0 Å². The van der Waals surface area contributed by atoms with Crippen LogP contribution in [0.2, 0.25) is 0 Å². The van der Waals surface area contributed by atoms with Gasteiger partial charge < -0.3 is 9.84 Å². The number of ether oxygens (including phenoxy) is 1. The average Bonchev–Trinajstić information content (AvgIpc) is 2.03. The highest BCUT2D eigenvalue weighted by molar-refractivity contribution is 5.72. The van der Waals surface area contributed by atoms with Crippen LogP contribution < -0.4 is 0 Å². The van der Waals surface area contributed by atoms with Gasteiger partial charge in [0.25, 0.3) is 0 Å². The van der Waals surface area contributed by atoms with Crippen LogP contribution in [0.4, 0.5) is 4.39 Å². The minimum atomic E-state index is -1.02. The number of carboxylic acid groups (broad SMARTS) is 1. The van der Waals surface area contributed by atoms with Gasteiger partial charge in [-0.1, -0.05) is 13.3 Å². The molecule has 1 atom stereocenters. The van der Waals surface area contributed by atoms with Gasteiger partial charge in [-0.25, -0.2) is 9.18 Å². The molecule has 3 nitrogen and oxygen atoms in total. The minimum absolute atomic E-state index is 0.415. The van der Waals surface area contributed by atoms with Crippen molar-refractivity contribution in [1.29, 1.82) is 0 Å². The third kappa shape index (κ3) is 4.83. The van der Waals surface area contributed by atoms with Gasteiger partial charge in [-0.3, -0.25) is 0 Å². The van der Waals surface area contributed by atoms with Crippen molar-refractivity contribution in [2.75, 3.05) is 6.67 Å². The number of alkyl halides is 1. The lowest BCUT2D eigenvalue weighted by Crippen LogP contribution is -2.36. The lowest BCUT2D eigenvalue weighted by molar-refractivity contribution is -0.163. The van der Waals surface area contributed by atoms with E-state index in [1.54, 1.807) is 13.8 Å². The van der Waals surface area contributed by atoms with Crippen molar-refractivity contribution in [3.05, 3.63) is 0 Å². The molecule has 4 heteroatoms. The van der Waals surface area contributed by atoms with Crippen LogP contribution in [0.15, 0.2) is 0 Å². The van der Waals surface area contributed by atoms with Gasteiger partial charge in [-0.05, 0) is 20.3 Å². The van der Waals surface area contributed by atoms with Crippen LogP contribution >= 0.6 is 0 Å². The van der Waals surface area contributed by atoms with Crippen LogP contribution in [-0.4, -0.2) is 29.5 Å². The Hall–Kier alpha value is -0.640. The van der Waals surface area contributed by atoms with Gasteiger partial charge in [0.05, 0.1) is 5.60 Å². The standard InChI is InChI=1S/C9H17FO3/c1-4-5-7(8(11)12)13-9(2,3)6-10/h7H,4-6H2,1-3H3,(H,11,12). The van der Waals surface area contributed by atoms with Crippen LogP contribution in [0, 0.1) is 0 Å². The molecule has 0 aliphatic carbocycles. The second kappa shape index (κ2) is 5.17. The molecule has 13 heavy (non-hydrogen) atoms. The van der Waals surface area contributed by atoms with Gasteiger partial charge in [0.1, 0.15) is 6.67 Å². The second-order valence-corrected chi connectivity index (χ2v) is 3.63. The molecule has 0 amide bonds. The molecule has 0 fully saturated rings. The fourth-order valence-corrected chi connectivity index (χ4v) is 0.912. The maximum atomic E-state index is 12.3. The summed E-state index contributed by atoms with van der Waals surface area (Å²) in [5.41, 5.74) is -1.00. The van der Waals surface area contributed by atoms with Crippen LogP contribution in [-0.2, 0) is 9.53 Å². The molecule has 78 valence electrons. The van der Waals surface area contributed by atoms with Crippen molar-refractivity contribution in [3.8, 4) is 0 Å². The molecule has 0 spiro atoms. The van der Waals surface area contributed by atoms with Gasteiger partial charge >= 0.3 is 5.97 Å². The molecule has 0 aliphatic rings. The Kier molecular flexibility index (Phi) is 4.91. The zero-order chi connectivity index (χ0) is 10.5. The fourth-order valence-electron chi connectivity index (χ4n) is 0.912. The zero-order valence-electron chi connectivity index (χ0n) is 8.34. The molecule has 0 radical (unpaired) electrons. The van der Waals surface area contributed by atoms with E-state index in [9.17, 15) is 9.18 Å². The van der Waals surface area contributed by atoms with Crippen molar-refractivity contribution in [3.63, 3.8) is 0 Å². The van der Waals surface area contributed by atoms with Gasteiger partial charge in [-0.15, -0.1) is 0 Å². The predicted octanol–water partition coefficient (Wildman–Crippen LogP) is 2.00. The summed E-state index contributed by atoms with van der Waals surface area (Å²) in [6.45, 7) is 4.26. The number of rotatable bonds is 6. The zero-order valence-corrected chi connectivity index (χ0v) is 8.34. The Morgan fingerprint density at radius 2 is 2.15 bits per heavy atom. The van der Waals surface area contributed by atoms with E-state index in [1.165, 1.54) is 0 Å². The Morgan fingerprint density at radius 3 is 2.46 bits per heavy atom. The van der Waals surface area contributed by atoms with Gasteiger partial charge in [0.15, 0.2) is 6.10 Å². The summed E-state index contributed by atoms with van der Waals surface area (Å²) in [5.74, 6) is -1.02. The molecule has 1 N–H and O–H groups in total. The van der Waals surface area contributed by atoms with E-state index in [0.717, 1.165) is 0 Å². The maximum Gasteiger partial charge on any atom is 0.332 e. The molecular formula is C9H17FO3. The molecular weight excluding hydrogens is 175 g/mol. The second-order valence-electron chi connectivity index (χ2n) is 3.63. The summed E-state index contributed by atoms with van der Waals surface area (Å²) in [7, 11) is 0. The first-order valence-corrected chi connectivity index (χ1v) is 4.39. The smallest absolute Gasteiger partial charge is 0.332 e.